The summed E-state index contributed by atoms with van der Waals surface area (Å²) in [4.78, 5) is 4.33. The fraction of sp³-hybridized carbons (Fsp3) is 0.941. The molecule has 2 fully saturated rings. The maximum Gasteiger partial charge on any atom is 0.191 e. The highest BCUT2D eigenvalue weighted by molar-refractivity contribution is 8.00. The summed E-state index contributed by atoms with van der Waals surface area (Å²) >= 11 is 2.08. The molecule has 1 heterocycles. The highest BCUT2D eigenvalue weighted by atomic mass is 32.2. The van der Waals surface area contributed by atoms with E-state index < -0.39 is 0 Å². The second-order valence-corrected chi connectivity index (χ2v) is 7.75. The molecule has 2 aliphatic rings. The average Bonchev–Trinajstić information content (AvgIpc) is 3.22. The van der Waals surface area contributed by atoms with E-state index in [4.69, 9.17) is 4.74 Å². The molecule has 2 rings (SSSR count). The third-order valence-electron chi connectivity index (χ3n) is 4.77. The zero-order valence-electron chi connectivity index (χ0n) is 14.3. The summed E-state index contributed by atoms with van der Waals surface area (Å²) < 4.78 is 5.98. The lowest BCUT2D eigenvalue weighted by molar-refractivity contribution is 0.0169. The Kier molecular flexibility index (Phi) is 8.45. The molecule has 2 atom stereocenters. The summed E-state index contributed by atoms with van der Waals surface area (Å²) in [6.07, 6.45) is 9.64. The minimum Gasteiger partial charge on any atom is -0.378 e. The highest BCUT2D eigenvalue weighted by Gasteiger charge is 2.25. The second kappa shape index (κ2) is 10.4. The Bertz CT molecular complexity index is 326. The van der Waals surface area contributed by atoms with Gasteiger partial charge < -0.3 is 15.4 Å². The quantitative estimate of drug-likeness (QED) is 0.531. The number of hydrogen-bond acceptors (Lipinski definition) is 3. The van der Waals surface area contributed by atoms with Gasteiger partial charge in [-0.2, -0.15) is 11.8 Å². The van der Waals surface area contributed by atoms with Crippen molar-refractivity contribution in [1.29, 1.82) is 0 Å². The molecule has 1 saturated heterocycles. The van der Waals surface area contributed by atoms with Gasteiger partial charge in [0.25, 0.3) is 0 Å². The number of nitrogens with one attached hydrogen (secondary N) is 2. The highest BCUT2D eigenvalue weighted by Crippen LogP contribution is 2.30. The third kappa shape index (κ3) is 5.99. The van der Waals surface area contributed by atoms with Gasteiger partial charge in [-0.1, -0.05) is 12.8 Å². The number of aliphatic imine (C=N–C) groups is 1. The Labute approximate surface area is 140 Å². The summed E-state index contributed by atoms with van der Waals surface area (Å²) in [7, 11) is 1.86. The van der Waals surface area contributed by atoms with Gasteiger partial charge in [0.1, 0.15) is 0 Å². The Morgan fingerprint density at radius 1 is 1.23 bits per heavy atom. The molecule has 22 heavy (non-hydrogen) atoms. The molecule has 0 aromatic carbocycles. The zero-order chi connectivity index (χ0) is 15.6. The van der Waals surface area contributed by atoms with E-state index in [1.165, 1.54) is 44.3 Å². The van der Waals surface area contributed by atoms with Gasteiger partial charge in [0.2, 0.25) is 0 Å². The number of ether oxygens (including phenoxy) is 1. The molecule has 1 aliphatic carbocycles. The first-order valence-electron chi connectivity index (χ1n) is 9.01. The van der Waals surface area contributed by atoms with Crippen LogP contribution in [-0.4, -0.2) is 49.8 Å². The molecule has 1 aliphatic heterocycles. The summed E-state index contributed by atoms with van der Waals surface area (Å²) in [5.41, 5.74) is 0. The van der Waals surface area contributed by atoms with Crippen LogP contribution in [0.15, 0.2) is 4.99 Å². The van der Waals surface area contributed by atoms with Crippen molar-refractivity contribution in [1.82, 2.24) is 10.6 Å². The molecule has 128 valence electrons. The Morgan fingerprint density at radius 2 is 2.05 bits per heavy atom. The summed E-state index contributed by atoms with van der Waals surface area (Å²) in [5.74, 6) is 3.02. The molecule has 0 amide bonds. The van der Waals surface area contributed by atoms with Crippen molar-refractivity contribution < 1.29 is 4.74 Å². The first kappa shape index (κ1) is 17.9. The van der Waals surface area contributed by atoms with Gasteiger partial charge in [0.05, 0.1) is 6.10 Å². The second-order valence-electron chi connectivity index (χ2n) is 6.34. The van der Waals surface area contributed by atoms with E-state index in [-0.39, 0.29) is 0 Å². The number of thioether (sulfide) groups is 1. The van der Waals surface area contributed by atoms with Crippen LogP contribution < -0.4 is 10.6 Å². The molecular weight excluding hydrogens is 294 g/mol. The van der Waals surface area contributed by atoms with Crippen LogP contribution in [-0.2, 0) is 4.74 Å². The molecule has 2 unspecified atom stereocenters. The fourth-order valence-electron chi connectivity index (χ4n) is 3.57. The standard InChI is InChI=1S/C17H33N3OS/c1-3-21-16(14-7-4-5-8-14)10-11-19-17(18-2)20-13-15-9-6-12-22-15/h14-16H,3-13H2,1-2H3,(H2,18,19,20). The molecule has 0 spiro atoms. The van der Waals surface area contributed by atoms with E-state index in [1.54, 1.807) is 0 Å². The maximum atomic E-state index is 5.98. The summed E-state index contributed by atoms with van der Waals surface area (Å²) in [6.45, 7) is 4.91. The van der Waals surface area contributed by atoms with Crippen LogP contribution in [0.5, 0.6) is 0 Å². The SMILES string of the molecule is CCOC(CCNC(=NC)NCC1CCCS1)C1CCCC1. The molecule has 4 nitrogen and oxygen atoms in total. The number of rotatable bonds is 8. The predicted octanol–water partition coefficient (Wildman–Crippen LogP) is 3.03. The van der Waals surface area contributed by atoms with E-state index in [9.17, 15) is 0 Å². The van der Waals surface area contributed by atoms with Crippen LogP contribution in [0.3, 0.4) is 0 Å². The molecule has 0 aromatic rings. The first-order chi connectivity index (χ1) is 10.8. The van der Waals surface area contributed by atoms with Crippen LogP contribution in [0.4, 0.5) is 0 Å². The lowest BCUT2D eigenvalue weighted by atomic mass is 9.98. The van der Waals surface area contributed by atoms with Crippen molar-refractivity contribution in [2.75, 3.05) is 32.5 Å². The van der Waals surface area contributed by atoms with Crippen molar-refractivity contribution in [3.05, 3.63) is 0 Å². The predicted molar refractivity (Wildman–Crippen MR) is 96.8 cm³/mol. The fourth-order valence-corrected chi connectivity index (χ4v) is 4.77. The van der Waals surface area contributed by atoms with Crippen LogP contribution in [0, 0.1) is 5.92 Å². The number of guanidine groups is 1. The average molecular weight is 328 g/mol. The lowest BCUT2D eigenvalue weighted by Crippen LogP contribution is -2.41. The van der Waals surface area contributed by atoms with Crippen LogP contribution in [0.1, 0.15) is 51.9 Å². The molecule has 2 N–H and O–H groups in total. The zero-order valence-corrected chi connectivity index (χ0v) is 15.1. The molecule has 5 heteroatoms. The van der Waals surface area contributed by atoms with E-state index in [0.717, 1.165) is 43.2 Å². The number of hydrogen-bond donors (Lipinski definition) is 2. The Hall–Kier alpha value is -0.420. The van der Waals surface area contributed by atoms with Crippen molar-refractivity contribution >= 4 is 17.7 Å². The van der Waals surface area contributed by atoms with Gasteiger partial charge in [0.15, 0.2) is 5.96 Å². The van der Waals surface area contributed by atoms with Crippen LogP contribution in [0.25, 0.3) is 0 Å². The largest absolute Gasteiger partial charge is 0.378 e. The normalized spacial score (nSPS) is 24.6. The van der Waals surface area contributed by atoms with Gasteiger partial charge in [0, 0.05) is 32.0 Å². The third-order valence-corrected chi connectivity index (χ3v) is 6.17. The lowest BCUT2D eigenvalue weighted by Gasteiger charge is -2.24. The Balaban J connectivity index is 1.65. The van der Waals surface area contributed by atoms with E-state index in [1.807, 2.05) is 7.05 Å². The molecule has 0 radical (unpaired) electrons. The molecule has 0 bridgehead atoms. The maximum absolute atomic E-state index is 5.98. The topological polar surface area (TPSA) is 45.6 Å². The van der Waals surface area contributed by atoms with E-state index in [2.05, 4.69) is 34.3 Å². The minimum atomic E-state index is 0.420. The van der Waals surface area contributed by atoms with Crippen LogP contribution >= 0.6 is 11.8 Å². The van der Waals surface area contributed by atoms with Crippen LogP contribution in [0.2, 0.25) is 0 Å². The molecular formula is C17H33N3OS. The van der Waals surface area contributed by atoms with Gasteiger partial charge >= 0.3 is 0 Å². The number of nitrogens with zero attached hydrogens (tertiary/aromatic N) is 1. The van der Waals surface area contributed by atoms with E-state index in [0.29, 0.717) is 6.10 Å². The van der Waals surface area contributed by atoms with Crippen molar-refractivity contribution in [3.8, 4) is 0 Å². The smallest absolute Gasteiger partial charge is 0.191 e. The monoisotopic (exact) mass is 327 g/mol. The summed E-state index contributed by atoms with van der Waals surface area (Å²) in [5, 5.41) is 7.68. The molecule has 0 aromatic heterocycles. The Morgan fingerprint density at radius 3 is 2.68 bits per heavy atom. The minimum absolute atomic E-state index is 0.420. The van der Waals surface area contributed by atoms with E-state index >= 15 is 0 Å². The molecule has 1 saturated carbocycles. The van der Waals surface area contributed by atoms with Crippen molar-refractivity contribution in [3.63, 3.8) is 0 Å². The van der Waals surface area contributed by atoms with Crippen molar-refractivity contribution in [2.45, 2.75) is 63.2 Å². The summed E-state index contributed by atoms with van der Waals surface area (Å²) in [6, 6.07) is 0. The van der Waals surface area contributed by atoms with Gasteiger partial charge in [-0.15, -0.1) is 0 Å². The van der Waals surface area contributed by atoms with Crippen molar-refractivity contribution in [2.24, 2.45) is 10.9 Å². The first-order valence-corrected chi connectivity index (χ1v) is 10.1. The van der Waals surface area contributed by atoms with Gasteiger partial charge in [-0.3, -0.25) is 4.99 Å². The van der Waals surface area contributed by atoms with Gasteiger partial charge in [-0.05, 0) is 50.7 Å². The van der Waals surface area contributed by atoms with Gasteiger partial charge in [-0.25, -0.2) is 0 Å².